The second-order valence-electron chi connectivity index (χ2n) is 9.36. The van der Waals surface area contributed by atoms with Crippen LogP contribution in [0.15, 0.2) is 0 Å². The van der Waals surface area contributed by atoms with Crippen LogP contribution >= 0.6 is 0 Å². The highest BCUT2D eigenvalue weighted by molar-refractivity contribution is 5.69. The number of unbranched alkanes of at least 4 members (excludes halogenated alkanes) is 9. The van der Waals surface area contributed by atoms with E-state index in [0.717, 1.165) is 45.3 Å². The Morgan fingerprint density at radius 3 is 2.03 bits per heavy atom. The molecule has 0 aromatic rings. The maximum atomic E-state index is 12.2. The summed E-state index contributed by atoms with van der Waals surface area (Å²) in [4.78, 5) is 26.4. The summed E-state index contributed by atoms with van der Waals surface area (Å²) in [5.74, 6) is -0.361. The molecule has 2 radical (unpaired) electrons. The fourth-order valence-corrected chi connectivity index (χ4v) is 4.27. The molecule has 1 atom stereocenters. The van der Waals surface area contributed by atoms with E-state index in [4.69, 9.17) is 14.2 Å². The van der Waals surface area contributed by atoms with Gasteiger partial charge in [-0.3, -0.25) is 4.79 Å². The molecule has 33 heavy (non-hydrogen) atoms. The second-order valence-corrected chi connectivity index (χ2v) is 9.36. The van der Waals surface area contributed by atoms with E-state index in [0.29, 0.717) is 13.0 Å². The molecule has 1 aliphatic rings. The van der Waals surface area contributed by atoms with Crippen molar-refractivity contribution in [3.8, 4) is 0 Å². The molecule has 1 aliphatic heterocycles. The van der Waals surface area contributed by atoms with Crippen LogP contribution in [0.1, 0.15) is 110 Å². The first kappa shape index (κ1) is 29.7. The van der Waals surface area contributed by atoms with Crippen molar-refractivity contribution < 1.29 is 23.8 Å². The zero-order valence-electron chi connectivity index (χ0n) is 21.2. The van der Waals surface area contributed by atoms with Crippen LogP contribution in [0, 0.1) is 13.8 Å². The van der Waals surface area contributed by atoms with Crippen LogP contribution in [-0.4, -0.2) is 55.5 Å². The number of hydrogen-bond acceptors (Lipinski definition) is 6. The van der Waals surface area contributed by atoms with Crippen molar-refractivity contribution in [2.45, 2.75) is 122 Å². The third-order valence-corrected chi connectivity index (χ3v) is 6.15. The largest absolute Gasteiger partial charge is 0.508 e. The maximum Gasteiger partial charge on any atom is 0.508 e. The van der Waals surface area contributed by atoms with Gasteiger partial charge >= 0.3 is 12.1 Å². The van der Waals surface area contributed by atoms with Gasteiger partial charge in [-0.2, -0.15) is 0 Å². The Kier molecular flexibility index (Phi) is 18.1. The predicted octanol–water partition coefficient (Wildman–Crippen LogP) is 6.67. The van der Waals surface area contributed by atoms with E-state index in [-0.39, 0.29) is 18.5 Å². The zero-order chi connectivity index (χ0) is 24.2. The molecule has 1 unspecified atom stereocenters. The summed E-state index contributed by atoms with van der Waals surface area (Å²) >= 11 is 0. The van der Waals surface area contributed by atoms with Gasteiger partial charge < -0.3 is 19.1 Å². The average Bonchev–Trinajstić information content (AvgIpc) is 3.29. The third kappa shape index (κ3) is 17.8. The molecule has 1 rings (SSSR count). The van der Waals surface area contributed by atoms with Gasteiger partial charge in [0.2, 0.25) is 0 Å². The molecule has 6 nitrogen and oxygen atoms in total. The lowest BCUT2D eigenvalue weighted by Crippen LogP contribution is -2.24. The zero-order valence-corrected chi connectivity index (χ0v) is 21.2. The van der Waals surface area contributed by atoms with E-state index >= 15 is 0 Å². The normalized spacial score (nSPS) is 15.0. The highest BCUT2D eigenvalue weighted by atomic mass is 16.7. The average molecular weight is 468 g/mol. The number of carbonyl (C=O) groups is 2. The minimum atomic E-state index is -0.630. The Hall–Kier alpha value is -1.30. The van der Waals surface area contributed by atoms with E-state index in [1.807, 2.05) is 0 Å². The fraction of sp³-hybridized carbons (Fsp3) is 0.852. The molecule has 0 aromatic carbocycles. The summed E-state index contributed by atoms with van der Waals surface area (Å²) in [5, 5.41) is 0. The van der Waals surface area contributed by atoms with Crippen molar-refractivity contribution in [2.75, 3.05) is 26.2 Å². The molecule has 0 N–H and O–H groups in total. The lowest BCUT2D eigenvalue weighted by atomic mass is 10.0. The Morgan fingerprint density at radius 1 is 0.818 bits per heavy atom. The number of ether oxygens (including phenoxy) is 3. The standard InChI is InChI=1S/C27H49NO5/c1-4-5-6-7-8-9-10-11-12-13-17-25(18-19-26(29)32-24(2)3)33-27(30)31-23-16-22-28-20-14-15-21-28/h24-25H,2-23H2,1H3. The van der Waals surface area contributed by atoms with Crippen molar-refractivity contribution >= 4 is 12.1 Å². The van der Waals surface area contributed by atoms with Gasteiger partial charge in [0.15, 0.2) is 0 Å². The van der Waals surface area contributed by atoms with Gasteiger partial charge in [0.1, 0.15) is 12.2 Å². The van der Waals surface area contributed by atoms with Crippen molar-refractivity contribution in [3.63, 3.8) is 0 Å². The van der Waals surface area contributed by atoms with E-state index in [2.05, 4.69) is 25.7 Å². The topological polar surface area (TPSA) is 65.1 Å². The Labute approximate surface area is 203 Å². The van der Waals surface area contributed by atoms with Gasteiger partial charge in [-0.25, -0.2) is 4.79 Å². The summed E-state index contributed by atoms with van der Waals surface area (Å²) in [6, 6.07) is 0. The maximum absolute atomic E-state index is 12.2. The number of nitrogens with zero attached hydrogens (tertiary/aromatic N) is 1. The van der Waals surface area contributed by atoms with Gasteiger partial charge in [0, 0.05) is 13.0 Å². The van der Waals surface area contributed by atoms with Gasteiger partial charge in [-0.15, -0.1) is 0 Å². The van der Waals surface area contributed by atoms with Crippen molar-refractivity contribution in [1.82, 2.24) is 4.90 Å². The molecule has 192 valence electrons. The summed E-state index contributed by atoms with van der Waals surface area (Å²) in [6.45, 7) is 13.0. The molecule has 1 saturated heterocycles. The Bertz CT molecular complexity index is 491. The van der Waals surface area contributed by atoms with Crippen LogP contribution in [0.3, 0.4) is 0 Å². The van der Waals surface area contributed by atoms with Crippen LogP contribution in [0.2, 0.25) is 0 Å². The first-order chi connectivity index (χ1) is 16.0. The summed E-state index contributed by atoms with van der Waals surface area (Å²) in [7, 11) is 0. The molecular formula is C27H49NO5. The molecule has 0 spiro atoms. The number of hydrogen-bond donors (Lipinski definition) is 0. The van der Waals surface area contributed by atoms with Crippen LogP contribution in [0.4, 0.5) is 4.79 Å². The summed E-state index contributed by atoms with van der Waals surface area (Å²) < 4.78 is 15.8. The second kappa shape index (κ2) is 20.1. The minimum absolute atomic E-state index is 0.187. The number of likely N-dealkylation sites (tertiary alicyclic amines) is 1. The van der Waals surface area contributed by atoms with Gasteiger partial charge in [0.25, 0.3) is 0 Å². The molecular weight excluding hydrogens is 418 g/mol. The quantitative estimate of drug-likeness (QED) is 0.147. The van der Waals surface area contributed by atoms with Gasteiger partial charge in [-0.05, 0) is 65.5 Å². The fourth-order valence-electron chi connectivity index (χ4n) is 4.27. The van der Waals surface area contributed by atoms with Crippen molar-refractivity contribution in [1.29, 1.82) is 0 Å². The van der Waals surface area contributed by atoms with Crippen molar-refractivity contribution in [2.24, 2.45) is 0 Å². The number of rotatable bonds is 20. The number of esters is 1. The smallest absolute Gasteiger partial charge is 0.462 e. The van der Waals surface area contributed by atoms with Crippen LogP contribution in [0.25, 0.3) is 0 Å². The summed E-state index contributed by atoms with van der Waals surface area (Å²) in [6.07, 6.45) is 15.6. The molecule has 0 bridgehead atoms. The van der Waals surface area contributed by atoms with E-state index < -0.39 is 12.3 Å². The van der Waals surface area contributed by atoms with Crippen molar-refractivity contribution in [3.05, 3.63) is 13.8 Å². The minimum Gasteiger partial charge on any atom is -0.462 e. The van der Waals surface area contributed by atoms with E-state index in [1.54, 1.807) is 0 Å². The molecule has 6 heteroatoms. The van der Waals surface area contributed by atoms with Gasteiger partial charge in [-0.1, -0.05) is 64.7 Å². The lowest BCUT2D eigenvalue weighted by Gasteiger charge is -2.18. The van der Waals surface area contributed by atoms with E-state index in [1.165, 1.54) is 64.2 Å². The predicted molar refractivity (Wildman–Crippen MR) is 133 cm³/mol. The molecule has 0 amide bonds. The first-order valence-corrected chi connectivity index (χ1v) is 13.4. The third-order valence-electron chi connectivity index (χ3n) is 6.15. The first-order valence-electron chi connectivity index (χ1n) is 13.4. The highest BCUT2D eigenvalue weighted by Crippen LogP contribution is 2.17. The number of carbonyl (C=O) groups excluding carboxylic acids is 2. The Balaban J connectivity index is 2.22. The molecule has 0 saturated carbocycles. The molecule has 1 fully saturated rings. The van der Waals surface area contributed by atoms with E-state index in [9.17, 15) is 9.59 Å². The van der Waals surface area contributed by atoms with Gasteiger partial charge in [0.05, 0.1) is 6.61 Å². The summed E-state index contributed by atoms with van der Waals surface area (Å²) in [5.41, 5.74) is 0. The lowest BCUT2D eigenvalue weighted by molar-refractivity contribution is -0.146. The van der Waals surface area contributed by atoms with Crippen LogP contribution in [0.5, 0.6) is 0 Å². The highest BCUT2D eigenvalue weighted by Gasteiger charge is 2.18. The monoisotopic (exact) mass is 467 g/mol. The molecule has 0 aliphatic carbocycles. The Morgan fingerprint density at radius 2 is 1.42 bits per heavy atom. The molecule has 0 aromatic heterocycles. The van der Waals surface area contributed by atoms with Crippen LogP contribution in [-0.2, 0) is 19.0 Å². The molecule has 1 heterocycles. The van der Waals surface area contributed by atoms with Crippen LogP contribution < -0.4 is 0 Å². The SMILES string of the molecule is [CH2]C([CH2])OC(=O)CCC(CCCCCCCCCCCC)OC(=O)OCCCN1CCCC1.